The van der Waals surface area contributed by atoms with Crippen molar-refractivity contribution in [2.75, 3.05) is 13.7 Å². The largest absolute Gasteiger partial charge is 0.383 e. The molecule has 1 aliphatic carbocycles. The molecule has 1 aromatic rings. The van der Waals surface area contributed by atoms with E-state index in [9.17, 15) is 4.79 Å². The maximum atomic E-state index is 11.7. The molecular formula is C13H19ClN2O2. The third kappa shape index (κ3) is 3.12. The van der Waals surface area contributed by atoms with Crippen LogP contribution >= 0.6 is 11.6 Å². The van der Waals surface area contributed by atoms with Crippen LogP contribution in [-0.4, -0.2) is 29.3 Å². The highest BCUT2D eigenvalue weighted by atomic mass is 35.5. The number of hydrogen-bond acceptors (Lipinski definition) is 3. The topological polar surface area (TPSA) is 44.1 Å². The first-order valence-corrected chi connectivity index (χ1v) is 6.82. The number of methoxy groups -OCH3 is 1. The normalized spacial score (nSPS) is 21.0. The van der Waals surface area contributed by atoms with Crippen LogP contribution in [0.5, 0.6) is 0 Å². The van der Waals surface area contributed by atoms with Crippen molar-refractivity contribution in [3.63, 3.8) is 0 Å². The summed E-state index contributed by atoms with van der Waals surface area (Å²) in [7, 11) is 1.67. The highest BCUT2D eigenvalue weighted by Gasteiger charge is 2.24. The Morgan fingerprint density at radius 3 is 3.17 bits per heavy atom. The molecule has 100 valence electrons. The van der Waals surface area contributed by atoms with Gasteiger partial charge in [0, 0.05) is 25.9 Å². The third-order valence-electron chi connectivity index (χ3n) is 3.46. The first-order valence-electron chi connectivity index (χ1n) is 6.44. The van der Waals surface area contributed by atoms with Gasteiger partial charge in [-0.15, -0.1) is 0 Å². The molecule has 1 heterocycles. The number of carbonyl (C=O) groups excluding carboxylic acids is 1. The van der Waals surface area contributed by atoms with Crippen LogP contribution in [0.2, 0.25) is 5.02 Å². The Bertz CT molecular complexity index is 417. The third-order valence-corrected chi connectivity index (χ3v) is 3.75. The summed E-state index contributed by atoms with van der Waals surface area (Å²) in [5.41, 5.74) is 1.00. The van der Waals surface area contributed by atoms with Gasteiger partial charge in [0.2, 0.25) is 0 Å². The van der Waals surface area contributed by atoms with Gasteiger partial charge in [-0.05, 0) is 12.8 Å². The Morgan fingerprint density at radius 2 is 2.39 bits per heavy atom. The van der Waals surface area contributed by atoms with Crippen LogP contribution in [0.4, 0.5) is 0 Å². The fourth-order valence-corrected chi connectivity index (χ4v) is 2.85. The number of nitrogens with zero attached hydrogens (tertiary/aromatic N) is 2. The van der Waals surface area contributed by atoms with Crippen molar-refractivity contribution >= 4 is 17.4 Å². The predicted octanol–water partition coefficient (Wildman–Crippen LogP) is 2.80. The summed E-state index contributed by atoms with van der Waals surface area (Å²) >= 11 is 6.22. The number of halogens is 1. The van der Waals surface area contributed by atoms with Crippen molar-refractivity contribution in [3.05, 3.63) is 16.9 Å². The SMILES string of the molecule is COCCn1ncc(Cl)c1C1CCCCC(=O)C1. The van der Waals surface area contributed by atoms with Crippen molar-refractivity contribution in [3.8, 4) is 0 Å². The van der Waals surface area contributed by atoms with E-state index in [4.69, 9.17) is 16.3 Å². The molecule has 1 aromatic heterocycles. The second-order valence-corrected chi connectivity index (χ2v) is 5.19. The van der Waals surface area contributed by atoms with E-state index in [1.54, 1.807) is 13.3 Å². The van der Waals surface area contributed by atoms with E-state index in [-0.39, 0.29) is 5.92 Å². The lowest BCUT2D eigenvalue weighted by molar-refractivity contribution is -0.119. The summed E-state index contributed by atoms with van der Waals surface area (Å²) in [6.07, 6.45) is 6.08. The smallest absolute Gasteiger partial charge is 0.133 e. The minimum atomic E-state index is 0.215. The molecule has 0 bridgehead atoms. The van der Waals surface area contributed by atoms with E-state index < -0.39 is 0 Å². The summed E-state index contributed by atoms with van der Waals surface area (Å²) in [5, 5.41) is 4.95. The van der Waals surface area contributed by atoms with Gasteiger partial charge in [-0.1, -0.05) is 18.0 Å². The minimum Gasteiger partial charge on any atom is -0.383 e. The first-order chi connectivity index (χ1) is 8.72. The highest BCUT2D eigenvalue weighted by Crippen LogP contribution is 2.34. The Morgan fingerprint density at radius 1 is 1.56 bits per heavy atom. The van der Waals surface area contributed by atoms with E-state index >= 15 is 0 Å². The number of aromatic nitrogens is 2. The van der Waals surface area contributed by atoms with Gasteiger partial charge in [-0.3, -0.25) is 9.48 Å². The van der Waals surface area contributed by atoms with Gasteiger partial charge in [0.05, 0.1) is 30.1 Å². The molecule has 0 saturated heterocycles. The van der Waals surface area contributed by atoms with Crippen LogP contribution in [0, 0.1) is 0 Å². The Kier molecular flexibility index (Phi) is 4.78. The molecule has 0 aliphatic heterocycles. The Labute approximate surface area is 112 Å². The van der Waals surface area contributed by atoms with Crippen molar-refractivity contribution in [2.45, 2.75) is 44.6 Å². The quantitative estimate of drug-likeness (QED) is 0.790. The molecule has 0 N–H and O–H groups in total. The first kappa shape index (κ1) is 13.6. The molecule has 0 radical (unpaired) electrons. The van der Waals surface area contributed by atoms with Crippen LogP contribution in [0.25, 0.3) is 0 Å². The van der Waals surface area contributed by atoms with E-state index in [1.807, 2.05) is 4.68 Å². The molecule has 4 nitrogen and oxygen atoms in total. The average Bonchev–Trinajstić information content (AvgIpc) is 2.57. The van der Waals surface area contributed by atoms with Gasteiger partial charge in [-0.2, -0.15) is 5.10 Å². The molecule has 5 heteroatoms. The van der Waals surface area contributed by atoms with Crippen LogP contribution in [0.3, 0.4) is 0 Å². The highest BCUT2D eigenvalue weighted by molar-refractivity contribution is 6.31. The summed E-state index contributed by atoms with van der Waals surface area (Å²) in [4.78, 5) is 11.7. The second-order valence-electron chi connectivity index (χ2n) is 4.78. The lowest BCUT2D eigenvalue weighted by atomic mass is 9.96. The van der Waals surface area contributed by atoms with Gasteiger partial charge in [-0.25, -0.2) is 0 Å². The molecule has 1 unspecified atom stereocenters. The zero-order valence-corrected chi connectivity index (χ0v) is 11.4. The van der Waals surface area contributed by atoms with Crippen LogP contribution in [0.1, 0.15) is 43.7 Å². The minimum absolute atomic E-state index is 0.215. The maximum absolute atomic E-state index is 11.7. The van der Waals surface area contributed by atoms with Crippen molar-refractivity contribution in [2.24, 2.45) is 0 Å². The number of ketones is 1. The number of Topliss-reactive ketones (excluding diaryl/α,β-unsaturated/α-hetero) is 1. The van der Waals surface area contributed by atoms with Gasteiger partial charge < -0.3 is 4.74 Å². The molecular weight excluding hydrogens is 252 g/mol. The molecule has 0 spiro atoms. The van der Waals surface area contributed by atoms with E-state index in [2.05, 4.69) is 5.10 Å². The monoisotopic (exact) mass is 270 g/mol. The number of carbonyl (C=O) groups is 1. The Hall–Kier alpha value is -0.870. The lowest BCUT2D eigenvalue weighted by Gasteiger charge is -2.16. The number of hydrogen-bond donors (Lipinski definition) is 0. The lowest BCUT2D eigenvalue weighted by Crippen LogP contribution is -2.14. The van der Waals surface area contributed by atoms with Crippen LogP contribution in [-0.2, 0) is 16.1 Å². The second kappa shape index (κ2) is 6.34. The fraction of sp³-hybridized carbons (Fsp3) is 0.692. The zero-order chi connectivity index (χ0) is 13.0. The van der Waals surface area contributed by atoms with Gasteiger partial charge >= 0.3 is 0 Å². The molecule has 0 aromatic carbocycles. The van der Waals surface area contributed by atoms with E-state index in [0.717, 1.165) is 25.0 Å². The van der Waals surface area contributed by atoms with Gasteiger partial charge in [0.15, 0.2) is 0 Å². The molecule has 18 heavy (non-hydrogen) atoms. The van der Waals surface area contributed by atoms with Gasteiger partial charge in [0.25, 0.3) is 0 Å². The van der Waals surface area contributed by atoms with Gasteiger partial charge in [0.1, 0.15) is 5.78 Å². The standard InChI is InChI=1S/C13H19ClN2O2/c1-18-7-6-16-13(12(14)9-15-16)10-4-2-3-5-11(17)8-10/h9-10H,2-8H2,1H3. The summed E-state index contributed by atoms with van der Waals surface area (Å²) in [5.74, 6) is 0.555. The number of rotatable bonds is 4. The fourth-order valence-electron chi connectivity index (χ4n) is 2.56. The summed E-state index contributed by atoms with van der Waals surface area (Å²) < 4.78 is 6.96. The summed E-state index contributed by atoms with van der Waals surface area (Å²) in [6, 6.07) is 0. The molecule has 0 amide bonds. The van der Waals surface area contributed by atoms with Crippen LogP contribution < -0.4 is 0 Å². The molecule has 1 fully saturated rings. The molecule has 1 atom stereocenters. The van der Waals surface area contributed by atoms with Crippen molar-refractivity contribution < 1.29 is 9.53 Å². The predicted molar refractivity (Wildman–Crippen MR) is 69.9 cm³/mol. The zero-order valence-electron chi connectivity index (χ0n) is 10.7. The molecule has 1 aliphatic rings. The molecule has 2 rings (SSSR count). The number of ether oxygens (including phenoxy) is 1. The van der Waals surface area contributed by atoms with Crippen LogP contribution in [0.15, 0.2) is 6.20 Å². The van der Waals surface area contributed by atoms with E-state index in [0.29, 0.717) is 36.8 Å². The summed E-state index contributed by atoms with van der Waals surface area (Å²) in [6.45, 7) is 1.29. The Balaban J connectivity index is 2.19. The average molecular weight is 271 g/mol. The van der Waals surface area contributed by atoms with E-state index in [1.165, 1.54) is 0 Å². The van der Waals surface area contributed by atoms with Crippen molar-refractivity contribution in [1.82, 2.24) is 9.78 Å². The maximum Gasteiger partial charge on any atom is 0.133 e. The molecule has 1 saturated carbocycles. The van der Waals surface area contributed by atoms with Crippen molar-refractivity contribution in [1.29, 1.82) is 0 Å².